The lowest BCUT2D eigenvalue weighted by atomic mass is 9.89. The van der Waals surface area contributed by atoms with E-state index in [0.717, 1.165) is 36.4 Å². The molecule has 1 N–H and O–H groups in total. The van der Waals surface area contributed by atoms with Crippen LogP contribution in [0.4, 0.5) is 8.78 Å². The summed E-state index contributed by atoms with van der Waals surface area (Å²) in [6, 6.07) is 4.22. The van der Waals surface area contributed by atoms with E-state index in [0.29, 0.717) is 12.0 Å². The quantitative estimate of drug-likeness (QED) is 0.858. The lowest BCUT2D eigenvalue weighted by molar-refractivity contribution is 0.336. The van der Waals surface area contributed by atoms with E-state index in [1.54, 1.807) is 0 Å². The lowest BCUT2D eigenvalue weighted by Gasteiger charge is -2.26. The van der Waals surface area contributed by atoms with Gasteiger partial charge in [-0.2, -0.15) is 0 Å². The molecule has 2 saturated carbocycles. The number of rotatable bonds is 5. The van der Waals surface area contributed by atoms with E-state index in [-0.39, 0.29) is 0 Å². The van der Waals surface area contributed by atoms with Gasteiger partial charge in [0.05, 0.1) is 0 Å². The van der Waals surface area contributed by atoms with Crippen LogP contribution in [0.15, 0.2) is 18.2 Å². The molecule has 0 amide bonds. The minimum absolute atomic E-state index is 0.360. The minimum atomic E-state index is -0.473. The monoisotopic (exact) mass is 265 g/mol. The number of hydrogen-bond donors (Lipinski definition) is 1. The van der Waals surface area contributed by atoms with Crippen LogP contribution in [0.5, 0.6) is 0 Å². The maximum atomic E-state index is 13.3. The summed E-state index contributed by atoms with van der Waals surface area (Å²) in [4.78, 5) is 0. The van der Waals surface area contributed by atoms with E-state index < -0.39 is 11.6 Å². The van der Waals surface area contributed by atoms with E-state index in [1.807, 2.05) is 0 Å². The SMILES string of the molecule is CCNC(Cc1cc(F)cc(F)c1)C1CC2CC2C1. The van der Waals surface area contributed by atoms with E-state index in [9.17, 15) is 8.78 Å². The van der Waals surface area contributed by atoms with Crippen molar-refractivity contribution in [2.45, 2.75) is 38.6 Å². The first kappa shape index (κ1) is 13.0. The average Bonchev–Trinajstić information content (AvgIpc) is 2.94. The fourth-order valence-electron chi connectivity index (χ4n) is 3.74. The second-order valence-electron chi connectivity index (χ2n) is 6.13. The van der Waals surface area contributed by atoms with Crippen LogP contribution in [0.1, 0.15) is 31.7 Å². The molecule has 0 aromatic heterocycles. The van der Waals surface area contributed by atoms with Crippen LogP contribution in [0.2, 0.25) is 0 Å². The highest BCUT2D eigenvalue weighted by molar-refractivity contribution is 5.19. The van der Waals surface area contributed by atoms with E-state index in [1.165, 1.54) is 31.4 Å². The highest BCUT2D eigenvalue weighted by Crippen LogP contribution is 2.55. The topological polar surface area (TPSA) is 12.0 Å². The van der Waals surface area contributed by atoms with E-state index in [2.05, 4.69) is 12.2 Å². The van der Waals surface area contributed by atoms with Crippen molar-refractivity contribution >= 4 is 0 Å². The van der Waals surface area contributed by atoms with Gasteiger partial charge in [-0.1, -0.05) is 6.92 Å². The van der Waals surface area contributed by atoms with Gasteiger partial charge in [0, 0.05) is 12.1 Å². The number of hydrogen-bond acceptors (Lipinski definition) is 1. The predicted molar refractivity (Wildman–Crippen MR) is 71.8 cm³/mol. The first-order chi connectivity index (χ1) is 9.15. The molecule has 1 nitrogen and oxygen atoms in total. The second kappa shape index (κ2) is 5.20. The Bertz CT molecular complexity index is 430. The smallest absolute Gasteiger partial charge is 0.126 e. The molecule has 0 saturated heterocycles. The second-order valence-corrected chi connectivity index (χ2v) is 6.13. The summed E-state index contributed by atoms with van der Waals surface area (Å²) in [5.74, 6) is 1.61. The summed E-state index contributed by atoms with van der Waals surface area (Å²) in [6.07, 6.45) is 4.72. The van der Waals surface area contributed by atoms with Crippen molar-refractivity contribution in [2.75, 3.05) is 6.54 Å². The Morgan fingerprint density at radius 3 is 2.32 bits per heavy atom. The Balaban J connectivity index is 1.69. The first-order valence-electron chi connectivity index (χ1n) is 7.34. The molecule has 3 heteroatoms. The Morgan fingerprint density at radius 1 is 1.11 bits per heavy atom. The molecule has 0 aliphatic heterocycles. The number of nitrogens with one attached hydrogen (secondary N) is 1. The van der Waals surface area contributed by atoms with Gasteiger partial charge in [0.25, 0.3) is 0 Å². The van der Waals surface area contributed by atoms with Crippen LogP contribution in [-0.4, -0.2) is 12.6 Å². The van der Waals surface area contributed by atoms with Gasteiger partial charge in [-0.15, -0.1) is 0 Å². The summed E-state index contributed by atoms with van der Waals surface area (Å²) in [6.45, 7) is 3.00. The fraction of sp³-hybridized carbons (Fsp3) is 0.625. The van der Waals surface area contributed by atoms with Crippen LogP contribution in [0, 0.1) is 29.4 Å². The minimum Gasteiger partial charge on any atom is -0.314 e. The molecule has 2 fully saturated rings. The van der Waals surface area contributed by atoms with Crippen LogP contribution < -0.4 is 5.32 Å². The van der Waals surface area contributed by atoms with Crippen LogP contribution in [0.25, 0.3) is 0 Å². The summed E-state index contributed by atoms with van der Waals surface area (Å²) >= 11 is 0. The zero-order chi connectivity index (χ0) is 13.4. The van der Waals surface area contributed by atoms with Gasteiger partial charge in [-0.25, -0.2) is 8.78 Å². The third-order valence-electron chi connectivity index (χ3n) is 4.69. The molecule has 0 heterocycles. The Kier molecular flexibility index (Phi) is 3.57. The predicted octanol–water partition coefficient (Wildman–Crippen LogP) is 3.53. The number of fused-ring (bicyclic) bond motifs is 1. The largest absolute Gasteiger partial charge is 0.314 e. The molecular formula is C16H21F2N. The molecule has 1 aromatic rings. The van der Waals surface area contributed by atoms with Gasteiger partial charge in [0.2, 0.25) is 0 Å². The van der Waals surface area contributed by atoms with E-state index >= 15 is 0 Å². The third kappa shape index (κ3) is 2.97. The van der Waals surface area contributed by atoms with Crippen molar-refractivity contribution < 1.29 is 8.78 Å². The van der Waals surface area contributed by atoms with Gasteiger partial charge in [0.1, 0.15) is 11.6 Å². The highest BCUT2D eigenvalue weighted by atomic mass is 19.1. The van der Waals surface area contributed by atoms with Gasteiger partial charge in [0.15, 0.2) is 0 Å². The lowest BCUT2D eigenvalue weighted by Crippen LogP contribution is -2.37. The van der Waals surface area contributed by atoms with Crippen molar-refractivity contribution in [1.82, 2.24) is 5.32 Å². The molecule has 0 spiro atoms. The van der Waals surface area contributed by atoms with Crippen molar-refractivity contribution in [2.24, 2.45) is 17.8 Å². The number of benzene rings is 1. The number of halogens is 2. The first-order valence-corrected chi connectivity index (χ1v) is 7.34. The van der Waals surface area contributed by atoms with Crippen LogP contribution >= 0.6 is 0 Å². The summed E-state index contributed by atoms with van der Waals surface area (Å²) in [7, 11) is 0. The zero-order valence-corrected chi connectivity index (χ0v) is 11.3. The molecule has 0 radical (unpaired) electrons. The van der Waals surface area contributed by atoms with Crippen molar-refractivity contribution in [1.29, 1.82) is 0 Å². The van der Waals surface area contributed by atoms with Crippen LogP contribution in [-0.2, 0) is 6.42 Å². The Labute approximate surface area is 113 Å². The third-order valence-corrected chi connectivity index (χ3v) is 4.69. The molecular weight excluding hydrogens is 244 g/mol. The van der Waals surface area contributed by atoms with Gasteiger partial charge >= 0.3 is 0 Å². The number of likely N-dealkylation sites (N-methyl/N-ethyl adjacent to an activating group) is 1. The molecule has 3 atom stereocenters. The Morgan fingerprint density at radius 2 is 1.74 bits per heavy atom. The van der Waals surface area contributed by atoms with Gasteiger partial charge in [-0.3, -0.25) is 0 Å². The molecule has 1 aromatic carbocycles. The summed E-state index contributed by atoms with van der Waals surface area (Å²) in [5, 5.41) is 3.51. The molecule has 19 heavy (non-hydrogen) atoms. The zero-order valence-electron chi connectivity index (χ0n) is 11.3. The van der Waals surface area contributed by atoms with Crippen LogP contribution in [0.3, 0.4) is 0 Å². The molecule has 2 aliphatic rings. The van der Waals surface area contributed by atoms with Crippen molar-refractivity contribution in [3.63, 3.8) is 0 Å². The maximum Gasteiger partial charge on any atom is 0.126 e. The fourth-order valence-corrected chi connectivity index (χ4v) is 3.74. The van der Waals surface area contributed by atoms with Gasteiger partial charge in [-0.05, 0) is 67.7 Å². The van der Waals surface area contributed by atoms with Crippen molar-refractivity contribution in [3.8, 4) is 0 Å². The van der Waals surface area contributed by atoms with Gasteiger partial charge < -0.3 is 5.32 Å². The molecule has 3 rings (SSSR count). The van der Waals surface area contributed by atoms with E-state index in [4.69, 9.17) is 0 Å². The molecule has 3 unspecified atom stereocenters. The summed E-state index contributed by atoms with van der Waals surface area (Å²) in [5.41, 5.74) is 0.768. The normalized spacial score (nSPS) is 30.2. The molecule has 0 bridgehead atoms. The average molecular weight is 265 g/mol. The maximum absolute atomic E-state index is 13.3. The highest BCUT2D eigenvalue weighted by Gasteiger charge is 2.47. The molecule has 2 aliphatic carbocycles. The Hall–Kier alpha value is -0.960. The van der Waals surface area contributed by atoms with Crippen molar-refractivity contribution in [3.05, 3.63) is 35.4 Å². The summed E-state index contributed by atoms with van der Waals surface area (Å²) < 4.78 is 26.5. The molecule has 104 valence electrons. The standard InChI is InChI=1S/C16H21F2N/c1-2-19-16(13-7-11-6-12(11)8-13)5-10-3-14(17)9-15(18)4-10/h3-4,9,11-13,16,19H,2,5-8H2,1H3.